The largest absolute Gasteiger partial charge is 0.287 e. The van der Waals surface area contributed by atoms with Crippen molar-refractivity contribution >= 4 is 18.3 Å². The third-order valence-corrected chi connectivity index (χ3v) is 2.47. The van der Waals surface area contributed by atoms with Crippen molar-refractivity contribution in [2.24, 2.45) is 0 Å². The average molecular weight is 265 g/mol. The van der Waals surface area contributed by atoms with Crippen LogP contribution in [-0.4, -0.2) is 11.9 Å². The molecule has 2 rings (SSSR count). The molecule has 0 atom stereocenters. The van der Waals surface area contributed by atoms with Crippen molar-refractivity contribution < 1.29 is 4.79 Å². The second-order valence-electron chi connectivity index (χ2n) is 4.32. The molecular weight excluding hydrogens is 248 g/mol. The fourth-order valence-electron chi connectivity index (χ4n) is 1.63. The van der Waals surface area contributed by atoms with Crippen LogP contribution in [-0.2, 0) is 0 Å². The van der Waals surface area contributed by atoms with Crippen LogP contribution in [0.5, 0.6) is 0 Å². The van der Waals surface area contributed by atoms with Crippen LogP contribution in [0.1, 0.15) is 24.2 Å². The molecule has 0 saturated heterocycles. The van der Waals surface area contributed by atoms with Gasteiger partial charge in [-0.2, -0.15) is 0 Å². The first-order chi connectivity index (χ1) is 8.16. The molecule has 1 amide bonds. The zero-order chi connectivity index (χ0) is 12.3. The molecule has 0 fully saturated rings. The van der Waals surface area contributed by atoms with Gasteiger partial charge in [-0.25, -0.2) is 5.43 Å². The first kappa shape index (κ1) is 14.5. The van der Waals surface area contributed by atoms with E-state index in [1.807, 2.05) is 56.3 Å². The number of hydrogen-bond donors (Lipinski definition) is 2. The summed E-state index contributed by atoms with van der Waals surface area (Å²) in [7, 11) is 0. The third-order valence-electron chi connectivity index (χ3n) is 2.47. The molecule has 2 N–H and O–H groups in total. The van der Waals surface area contributed by atoms with Gasteiger partial charge in [0, 0.05) is 11.6 Å². The molecule has 0 aromatic heterocycles. The fourth-order valence-corrected chi connectivity index (χ4v) is 1.63. The molecular formula is C14H17ClN2O. The minimum absolute atomic E-state index is 0. The van der Waals surface area contributed by atoms with E-state index in [9.17, 15) is 4.79 Å². The van der Waals surface area contributed by atoms with Gasteiger partial charge in [0.2, 0.25) is 0 Å². The van der Waals surface area contributed by atoms with Gasteiger partial charge < -0.3 is 0 Å². The summed E-state index contributed by atoms with van der Waals surface area (Å²) in [6.07, 6.45) is 0. The molecule has 4 heteroatoms. The Bertz CT molecular complexity index is 468. The molecule has 18 heavy (non-hydrogen) atoms. The lowest BCUT2D eigenvalue weighted by Crippen LogP contribution is -2.41. The summed E-state index contributed by atoms with van der Waals surface area (Å²) in [5.41, 5.74) is 8.40. The molecule has 2 aliphatic carbocycles. The van der Waals surface area contributed by atoms with Crippen LogP contribution < -0.4 is 10.9 Å². The van der Waals surface area contributed by atoms with Gasteiger partial charge in [0.1, 0.15) is 0 Å². The number of hydrogen-bond acceptors (Lipinski definition) is 2. The van der Waals surface area contributed by atoms with E-state index in [0.717, 1.165) is 11.1 Å². The van der Waals surface area contributed by atoms with Gasteiger partial charge in [0.15, 0.2) is 0 Å². The topological polar surface area (TPSA) is 41.1 Å². The molecule has 0 aromatic rings. The lowest BCUT2D eigenvalue weighted by molar-refractivity contribution is 0.0928. The van der Waals surface area contributed by atoms with E-state index < -0.39 is 0 Å². The molecule has 0 radical (unpaired) electrons. The maximum Gasteiger partial charge on any atom is 0.265 e. The van der Waals surface area contributed by atoms with Gasteiger partial charge in [-0.1, -0.05) is 30.3 Å². The summed E-state index contributed by atoms with van der Waals surface area (Å²) < 4.78 is 0. The lowest BCUT2D eigenvalue weighted by Gasteiger charge is -2.08. The minimum atomic E-state index is -0.0995. The summed E-state index contributed by atoms with van der Waals surface area (Å²) >= 11 is 0. The van der Waals surface area contributed by atoms with E-state index in [1.165, 1.54) is 0 Å². The number of nitrogens with one attached hydrogen (secondary N) is 2. The Balaban J connectivity index is 0.00000162. The van der Waals surface area contributed by atoms with Crippen molar-refractivity contribution in [1.29, 1.82) is 0 Å². The molecule has 0 bridgehead atoms. The van der Waals surface area contributed by atoms with Gasteiger partial charge in [0.25, 0.3) is 5.91 Å². The molecule has 2 aliphatic rings. The predicted octanol–water partition coefficient (Wildman–Crippen LogP) is 2.86. The fraction of sp³-hybridized carbons (Fsp3) is 0.214. The quantitative estimate of drug-likeness (QED) is 0.837. The Kier molecular flexibility index (Phi) is 5.13. The van der Waals surface area contributed by atoms with E-state index in [2.05, 4.69) is 10.9 Å². The van der Waals surface area contributed by atoms with Crippen LogP contribution in [0.15, 0.2) is 42.5 Å². The number of carbonyl (C=O) groups is 1. The zero-order valence-corrected chi connectivity index (χ0v) is 11.3. The zero-order valence-electron chi connectivity index (χ0n) is 10.4. The van der Waals surface area contributed by atoms with Crippen LogP contribution in [0.25, 0.3) is 11.1 Å². The monoisotopic (exact) mass is 264 g/mol. The Morgan fingerprint density at radius 3 is 2.11 bits per heavy atom. The molecule has 0 unspecified atom stereocenters. The Hall–Kier alpha value is -1.58. The van der Waals surface area contributed by atoms with Crippen LogP contribution in [0, 0.1) is 0 Å². The van der Waals surface area contributed by atoms with Crippen molar-refractivity contribution in [1.82, 2.24) is 10.9 Å². The van der Waals surface area contributed by atoms with E-state index in [4.69, 9.17) is 0 Å². The number of halogens is 1. The standard InChI is InChI=1S/C14H16N2O.ClH/c1-10(2)15-16-14(17)13-8-11-6-4-3-5-7-12(11)9-13;/h3-10,15H,1-2H3,(H,16,17);1H. The number of amides is 1. The van der Waals surface area contributed by atoms with Crippen molar-refractivity contribution in [3.63, 3.8) is 0 Å². The minimum Gasteiger partial charge on any atom is -0.287 e. The van der Waals surface area contributed by atoms with E-state index in [1.54, 1.807) is 0 Å². The maximum absolute atomic E-state index is 11.8. The number of carbonyl (C=O) groups excluding carboxylic acids is 1. The van der Waals surface area contributed by atoms with E-state index in [0.29, 0.717) is 5.56 Å². The van der Waals surface area contributed by atoms with E-state index in [-0.39, 0.29) is 24.4 Å². The Morgan fingerprint density at radius 1 is 1.06 bits per heavy atom. The molecule has 3 nitrogen and oxygen atoms in total. The smallest absolute Gasteiger partial charge is 0.265 e. The second kappa shape index (κ2) is 6.38. The number of hydrazine groups is 1. The van der Waals surface area contributed by atoms with Gasteiger partial charge >= 0.3 is 0 Å². The first-order valence-electron chi connectivity index (χ1n) is 5.71. The highest BCUT2D eigenvalue weighted by Gasteiger charge is 2.11. The van der Waals surface area contributed by atoms with E-state index >= 15 is 0 Å². The maximum atomic E-state index is 11.8. The van der Waals surface area contributed by atoms with Crippen LogP contribution in [0.2, 0.25) is 0 Å². The average Bonchev–Trinajstić information content (AvgIpc) is 2.58. The third kappa shape index (κ3) is 3.45. The normalized spacial score (nSPS) is 10.2. The highest BCUT2D eigenvalue weighted by Crippen LogP contribution is 2.24. The first-order valence-corrected chi connectivity index (χ1v) is 5.71. The predicted molar refractivity (Wildman–Crippen MR) is 76.0 cm³/mol. The highest BCUT2D eigenvalue weighted by atomic mass is 35.5. The summed E-state index contributed by atoms with van der Waals surface area (Å²) in [5.74, 6) is -0.0995. The van der Waals surface area contributed by atoms with Gasteiger partial charge in [-0.15, -0.1) is 12.4 Å². The summed E-state index contributed by atoms with van der Waals surface area (Å²) in [4.78, 5) is 11.8. The Morgan fingerprint density at radius 2 is 1.61 bits per heavy atom. The molecule has 0 heterocycles. The molecule has 0 aromatic carbocycles. The SMILES string of the molecule is CC(C)NNC(=O)c1cc2cccccc-2c1.Cl. The number of rotatable bonds is 3. The van der Waals surface area contributed by atoms with Crippen molar-refractivity contribution in [3.8, 4) is 11.1 Å². The summed E-state index contributed by atoms with van der Waals surface area (Å²) in [6.45, 7) is 3.95. The van der Waals surface area contributed by atoms with Gasteiger partial charge in [-0.05, 0) is 37.1 Å². The second-order valence-corrected chi connectivity index (χ2v) is 4.32. The van der Waals surface area contributed by atoms with Crippen LogP contribution in [0.3, 0.4) is 0 Å². The molecule has 0 spiro atoms. The van der Waals surface area contributed by atoms with Gasteiger partial charge in [-0.3, -0.25) is 10.2 Å². The lowest BCUT2D eigenvalue weighted by atomic mass is 10.2. The summed E-state index contributed by atoms with van der Waals surface area (Å²) in [5, 5.41) is 0. The van der Waals surface area contributed by atoms with Crippen molar-refractivity contribution in [3.05, 3.63) is 48.0 Å². The van der Waals surface area contributed by atoms with Crippen LogP contribution in [0.4, 0.5) is 0 Å². The molecule has 96 valence electrons. The molecule has 0 saturated carbocycles. The molecule has 0 aliphatic heterocycles. The van der Waals surface area contributed by atoms with Crippen LogP contribution >= 0.6 is 12.4 Å². The van der Waals surface area contributed by atoms with Crippen molar-refractivity contribution in [2.45, 2.75) is 19.9 Å². The summed E-state index contributed by atoms with van der Waals surface area (Å²) in [6, 6.07) is 13.9. The van der Waals surface area contributed by atoms with Crippen molar-refractivity contribution in [2.75, 3.05) is 0 Å². The highest BCUT2D eigenvalue weighted by molar-refractivity contribution is 5.97. The number of fused-ring (bicyclic) bond motifs is 1. The van der Waals surface area contributed by atoms with Gasteiger partial charge in [0.05, 0.1) is 0 Å². The Labute approximate surface area is 113 Å².